The van der Waals surface area contributed by atoms with Crippen molar-refractivity contribution in [1.29, 1.82) is 0 Å². The van der Waals surface area contributed by atoms with Crippen LogP contribution in [0.15, 0.2) is 43.0 Å². The Balaban J connectivity index is 1.56. The number of hydrogen-bond acceptors (Lipinski definition) is 6. The molecule has 0 spiro atoms. The minimum absolute atomic E-state index is 0.381. The molecule has 5 rings (SSSR count). The zero-order chi connectivity index (χ0) is 22.2. The zero-order valence-corrected chi connectivity index (χ0v) is 21.4. The average molecular weight is 581 g/mol. The van der Waals surface area contributed by atoms with E-state index in [4.69, 9.17) is 21.3 Å². The number of rotatable bonds is 5. The maximum atomic E-state index is 6.60. The van der Waals surface area contributed by atoms with Gasteiger partial charge in [0, 0.05) is 88.8 Å². The molecule has 0 saturated carbocycles. The SMILES string of the molecule is COc1ccc(-c2cn(SI)c3ncc(-c4cn(C5CCN(C)CC5)nc4Cl)cc23)cn1. The highest BCUT2D eigenvalue weighted by atomic mass is 127. The number of likely N-dealkylation sites (tertiary alicyclic amines) is 1. The summed E-state index contributed by atoms with van der Waals surface area (Å²) in [7, 11) is 5.36. The van der Waals surface area contributed by atoms with E-state index in [0.29, 0.717) is 17.1 Å². The van der Waals surface area contributed by atoms with Gasteiger partial charge in [-0.25, -0.2) is 9.97 Å². The topological polar surface area (TPSA) is 61.0 Å². The molecule has 4 aromatic heterocycles. The van der Waals surface area contributed by atoms with Crippen molar-refractivity contribution < 1.29 is 4.74 Å². The maximum absolute atomic E-state index is 6.60. The molecule has 0 atom stereocenters. The van der Waals surface area contributed by atoms with Crippen molar-refractivity contribution in [2.75, 3.05) is 27.2 Å². The van der Waals surface area contributed by atoms with Crippen LogP contribution in [0.2, 0.25) is 5.15 Å². The van der Waals surface area contributed by atoms with E-state index in [0.717, 1.165) is 59.2 Å². The molecule has 1 aliphatic rings. The van der Waals surface area contributed by atoms with Crippen LogP contribution in [-0.2, 0) is 0 Å². The minimum Gasteiger partial charge on any atom is -0.481 e. The molecular weight excluding hydrogens is 559 g/mol. The third-order valence-electron chi connectivity index (χ3n) is 6.00. The standard InChI is InChI=1S/C22H22ClIN6OS/c1-28-7-5-16(6-8-28)29-12-19(21(23)27-29)15-9-17-18(13-30(32-24)22(17)26-11-15)14-3-4-20(31-2)25-10-14/h3-4,9-13,16H,5-8H2,1-2H3. The van der Waals surface area contributed by atoms with Crippen LogP contribution >= 0.6 is 41.9 Å². The van der Waals surface area contributed by atoms with E-state index >= 15 is 0 Å². The van der Waals surface area contributed by atoms with Gasteiger partial charge in [0.15, 0.2) is 10.8 Å². The first kappa shape index (κ1) is 22.0. The van der Waals surface area contributed by atoms with Gasteiger partial charge in [0.05, 0.1) is 13.2 Å². The summed E-state index contributed by atoms with van der Waals surface area (Å²) in [5, 5.41) is 6.20. The molecule has 166 valence electrons. The number of fused-ring (bicyclic) bond motifs is 1. The Kier molecular flexibility index (Phi) is 6.33. The first-order valence-electron chi connectivity index (χ1n) is 10.3. The van der Waals surface area contributed by atoms with E-state index in [1.807, 2.05) is 29.2 Å². The number of hydrogen-bond donors (Lipinski definition) is 0. The molecule has 1 fully saturated rings. The first-order chi connectivity index (χ1) is 15.6. The van der Waals surface area contributed by atoms with Crippen molar-refractivity contribution in [3.05, 3.63) is 48.1 Å². The number of halogens is 2. The highest BCUT2D eigenvalue weighted by Crippen LogP contribution is 2.37. The van der Waals surface area contributed by atoms with Crippen LogP contribution < -0.4 is 4.74 Å². The molecule has 0 unspecified atom stereocenters. The summed E-state index contributed by atoms with van der Waals surface area (Å²) in [5.74, 6) is 0.590. The highest BCUT2D eigenvalue weighted by molar-refractivity contribution is 14.2. The van der Waals surface area contributed by atoms with Gasteiger partial charge < -0.3 is 9.64 Å². The maximum Gasteiger partial charge on any atom is 0.212 e. The summed E-state index contributed by atoms with van der Waals surface area (Å²) >= 11 is 8.86. The molecule has 1 saturated heterocycles. The van der Waals surface area contributed by atoms with Gasteiger partial charge in [-0.05, 0) is 45.1 Å². The van der Waals surface area contributed by atoms with Gasteiger partial charge in [-0.1, -0.05) is 11.6 Å². The molecule has 5 heterocycles. The lowest BCUT2D eigenvalue weighted by atomic mass is 10.0. The fourth-order valence-corrected chi connectivity index (χ4v) is 5.68. The van der Waals surface area contributed by atoms with E-state index in [2.05, 4.69) is 65.7 Å². The molecule has 7 nitrogen and oxygen atoms in total. The Hall–Kier alpha value is -1.82. The Bertz CT molecular complexity index is 1250. The van der Waals surface area contributed by atoms with Crippen molar-refractivity contribution in [2.24, 2.45) is 0 Å². The molecule has 32 heavy (non-hydrogen) atoms. The van der Waals surface area contributed by atoms with Crippen LogP contribution in [0.3, 0.4) is 0 Å². The summed E-state index contributed by atoms with van der Waals surface area (Å²) in [6.07, 6.45) is 10.0. The van der Waals surface area contributed by atoms with Gasteiger partial charge in [0.2, 0.25) is 5.88 Å². The Labute approximate surface area is 207 Å². The molecule has 0 amide bonds. The molecule has 4 aromatic rings. The number of ether oxygens (including phenoxy) is 1. The van der Waals surface area contributed by atoms with Crippen LogP contribution in [0.4, 0.5) is 0 Å². The number of piperidine rings is 1. The molecular formula is C22H22ClIN6OS. The van der Waals surface area contributed by atoms with Crippen LogP contribution in [0.5, 0.6) is 5.88 Å². The smallest absolute Gasteiger partial charge is 0.212 e. The van der Waals surface area contributed by atoms with Gasteiger partial charge in [0.25, 0.3) is 0 Å². The van der Waals surface area contributed by atoms with Crippen LogP contribution in [0.1, 0.15) is 18.9 Å². The van der Waals surface area contributed by atoms with Gasteiger partial charge >= 0.3 is 0 Å². The molecule has 0 aromatic carbocycles. The van der Waals surface area contributed by atoms with Crippen molar-refractivity contribution >= 4 is 53.0 Å². The van der Waals surface area contributed by atoms with E-state index in [-0.39, 0.29) is 0 Å². The summed E-state index contributed by atoms with van der Waals surface area (Å²) in [5.41, 5.74) is 4.84. The van der Waals surface area contributed by atoms with Gasteiger partial charge in [-0.3, -0.25) is 8.65 Å². The quantitative estimate of drug-likeness (QED) is 0.281. The molecule has 0 N–H and O–H groups in total. The zero-order valence-electron chi connectivity index (χ0n) is 17.7. The second kappa shape index (κ2) is 9.20. The number of methoxy groups -OCH3 is 1. The van der Waals surface area contributed by atoms with Crippen molar-refractivity contribution in [3.63, 3.8) is 0 Å². The second-order valence-electron chi connectivity index (χ2n) is 7.97. The lowest BCUT2D eigenvalue weighted by Gasteiger charge is -2.28. The molecule has 0 radical (unpaired) electrons. The van der Waals surface area contributed by atoms with Crippen LogP contribution in [0, 0.1) is 0 Å². The fourth-order valence-electron chi connectivity index (χ4n) is 4.18. The predicted octanol–water partition coefficient (Wildman–Crippen LogP) is 5.74. The average Bonchev–Trinajstić information content (AvgIpc) is 3.39. The number of nitrogens with zero attached hydrogens (tertiary/aromatic N) is 6. The number of aromatic nitrogens is 5. The van der Waals surface area contributed by atoms with E-state index < -0.39 is 0 Å². The van der Waals surface area contributed by atoms with Crippen molar-refractivity contribution in [2.45, 2.75) is 18.9 Å². The lowest BCUT2D eigenvalue weighted by molar-refractivity contribution is 0.212. The normalized spacial score (nSPS) is 15.5. The second-order valence-corrected chi connectivity index (χ2v) is 10.0. The summed E-state index contributed by atoms with van der Waals surface area (Å²) < 4.78 is 9.30. The Morgan fingerprint density at radius 3 is 2.56 bits per heavy atom. The van der Waals surface area contributed by atoms with Gasteiger partial charge in [-0.2, -0.15) is 5.10 Å². The third kappa shape index (κ3) is 4.11. The largest absolute Gasteiger partial charge is 0.481 e. The molecule has 0 bridgehead atoms. The monoisotopic (exact) mass is 580 g/mol. The van der Waals surface area contributed by atoms with Crippen molar-refractivity contribution in [3.8, 4) is 28.1 Å². The number of pyridine rings is 2. The summed E-state index contributed by atoms with van der Waals surface area (Å²) in [6.45, 7) is 2.15. The van der Waals surface area contributed by atoms with Gasteiger partial charge in [0.1, 0.15) is 0 Å². The third-order valence-corrected chi connectivity index (χ3v) is 7.98. The van der Waals surface area contributed by atoms with E-state index in [1.165, 1.54) is 0 Å². The molecule has 0 aliphatic carbocycles. The van der Waals surface area contributed by atoms with E-state index in [1.54, 1.807) is 16.2 Å². The van der Waals surface area contributed by atoms with Crippen LogP contribution in [0.25, 0.3) is 33.3 Å². The van der Waals surface area contributed by atoms with Crippen molar-refractivity contribution in [1.82, 2.24) is 28.6 Å². The first-order valence-corrected chi connectivity index (χ1v) is 14.0. The fraction of sp³-hybridized carbons (Fsp3) is 0.318. The van der Waals surface area contributed by atoms with Crippen LogP contribution in [-0.4, -0.2) is 55.9 Å². The predicted molar refractivity (Wildman–Crippen MR) is 139 cm³/mol. The lowest BCUT2D eigenvalue weighted by Crippen LogP contribution is -2.31. The van der Waals surface area contributed by atoms with E-state index in [9.17, 15) is 0 Å². The highest BCUT2D eigenvalue weighted by Gasteiger charge is 2.22. The molecule has 1 aliphatic heterocycles. The Morgan fingerprint density at radius 1 is 1.09 bits per heavy atom. The molecule has 10 heteroatoms. The summed E-state index contributed by atoms with van der Waals surface area (Å²) in [4.78, 5) is 11.5. The summed E-state index contributed by atoms with van der Waals surface area (Å²) in [6, 6.07) is 6.41. The minimum atomic E-state index is 0.381. The van der Waals surface area contributed by atoms with Gasteiger partial charge in [-0.15, -0.1) is 0 Å². The Morgan fingerprint density at radius 2 is 1.88 bits per heavy atom.